The molecule has 1 aromatic heterocycles. The normalized spacial score (nSPS) is 17.3. The zero-order chi connectivity index (χ0) is 24.5. The van der Waals surface area contributed by atoms with E-state index < -0.39 is 29.7 Å². The summed E-state index contributed by atoms with van der Waals surface area (Å²) in [5.74, 6) is -1.55. The van der Waals surface area contributed by atoms with E-state index in [1.165, 1.54) is 21.7 Å². The predicted octanol–water partition coefficient (Wildman–Crippen LogP) is 4.09. The van der Waals surface area contributed by atoms with Gasteiger partial charge in [-0.3, -0.25) is 19.1 Å². The van der Waals surface area contributed by atoms with Crippen molar-refractivity contribution in [2.75, 3.05) is 0 Å². The van der Waals surface area contributed by atoms with Crippen LogP contribution in [0.25, 0.3) is 0 Å². The summed E-state index contributed by atoms with van der Waals surface area (Å²) in [6.07, 6.45) is 1.15. The van der Waals surface area contributed by atoms with Crippen LogP contribution in [0.1, 0.15) is 65.7 Å². The third-order valence-corrected chi connectivity index (χ3v) is 6.69. The molecule has 2 heterocycles. The molecule has 0 bridgehead atoms. The number of carboxylic acids is 1. The summed E-state index contributed by atoms with van der Waals surface area (Å²) in [5.41, 5.74) is -0.490. The molecule has 1 fully saturated rings. The molecule has 2 aliphatic rings. The highest BCUT2D eigenvalue weighted by atomic mass is 19.4. The Kier molecular flexibility index (Phi) is 6.77. The molecular formula is C24H26F3N3O4. The molecule has 1 aromatic carbocycles. The first-order valence-corrected chi connectivity index (χ1v) is 11.4. The van der Waals surface area contributed by atoms with Gasteiger partial charge in [-0.05, 0) is 36.1 Å². The molecule has 1 aliphatic heterocycles. The van der Waals surface area contributed by atoms with E-state index >= 15 is 0 Å². The summed E-state index contributed by atoms with van der Waals surface area (Å²) < 4.78 is 42.1. The van der Waals surface area contributed by atoms with Gasteiger partial charge in [-0.25, -0.2) is 0 Å². The Morgan fingerprint density at radius 1 is 1.18 bits per heavy atom. The number of nitrogens with zero attached hydrogens (tertiary/aromatic N) is 3. The number of aliphatic carboxylic acids is 1. The van der Waals surface area contributed by atoms with Crippen molar-refractivity contribution in [3.8, 4) is 0 Å². The third kappa shape index (κ3) is 5.15. The lowest BCUT2D eigenvalue weighted by atomic mass is 9.93. The van der Waals surface area contributed by atoms with E-state index in [-0.39, 0.29) is 48.8 Å². The number of rotatable bonds is 9. The zero-order valence-electron chi connectivity index (χ0n) is 18.6. The zero-order valence-corrected chi connectivity index (χ0v) is 18.6. The summed E-state index contributed by atoms with van der Waals surface area (Å²) in [4.78, 5) is 38.6. The third-order valence-electron chi connectivity index (χ3n) is 6.69. The molecule has 1 atom stereocenters. The van der Waals surface area contributed by atoms with Crippen molar-refractivity contribution in [2.45, 2.75) is 70.3 Å². The fourth-order valence-corrected chi connectivity index (χ4v) is 5.00. The van der Waals surface area contributed by atoms with Crippen LogP contribution in [0.3, 0.4) is 0 Å². The number of fused-ring (bicyclic) bond motifs is 1. The van der Waals surface area contributed by atoms with E-state index in [0.29, 0.717) is 12.1 Å². The van der Waals surface area contributed by atoms with E-state index in [1.54, 1.807) is 12.3 Å². The summed E-state index contributed by atoms with van der Waals surface area (Å²) in [6.45, 7) is -0.0881. The highest BCUT2D eigenvalue weighted by Crippen LogP contribution is 2.39. The molecule has 1 amide bonds. The number of aromatic nitrogens is 2. The minimum Gasteiger partial charge on any atom is -0.481 e. The first kappa shape index (κ1) is 24.0. The second kappa shape index (κ2) is 9.60. The van der Waals surface area contributed by atoms with E-state index in [4.69, 9.17) is 5.11 Å². The van der Waals surface area contributed by atoms with E-state index in [9.17, 15) is 27.6 Å². The number of hydrogen-bond acceptors (Lipinski definition) is 4. The Balaban J connectivity index is 1.56. The van der Waals surface area contributed by atoms with Crippen LogP contribution in [0.2, 0.25) is 0 Å². The largest absolute Gasteiger partial charge is 0.481 e. The molecule has 4 rings (SSSR count). The maximum atomic E-state index is 13.5. The van der Waals surface area contributed by atoms with Crippen molar-refractivity contribution in [3.05, 3.63) is 52.8 Å². The maximum absolute atomic E-state index is 13.5. The van der Waals surface area contributed by atoms with Crippen LogP contribution in [0.15, 0.2) is 30.5 Å². The highest BCUT2D eigenvalue weighted by Gasteiger charge is 2.43. The quantitative estimate of drug-likeness (QED) is 0.587. The number of aryl methyl sites for hydroxylation is 1. The Labute approximate surface area is 194 Å². The molecular weight excluding hydrogens is 451 g/mol. The number of halogens is 3. The molecule has 0 saturated heterocycles. The van der Waals surface area contributed by atoms with Crippen LogP contribution >= 0.6 is 0 Å². The van der Waals surface area contributed by atoms with Gasteiger partial charge in [-0.2, -0.15) is 18.3 Å². The lowest BCUT2D eigenvalue weighted by Crippen LogP contribution is -2.43. The average Bonchev–Trinajstić information content (AvgIpc) is 3.51. The second-order valence-electron chi connectivity index (χ2n) is 9.02. The van der Waals surface area contributed by atoms with Crippen LogP contribution in [0, 0.1) is 5.92 Å². The molecule has 10 heteroatoms. The smallest absolute Gasteiger partial charge is 0.416 e. The SMILES string of the molecule is O=C(O)CCn1ccc(CC(=O)[C@H](CC2CCCC2)N2Cc3c(cccc3C(F)(F)F)C2=O)n1. The Morgan fingerprint density at radius 2 is 1.91 bits per heavy atom. The molecule has 182 valence electrons. The van der Waals surface area contributed by atoms with Gasteiger partial charge in [0.05, 0.1) is 36.7 Å². The summed E-state index contributed by atoms with van der Waals surface area (Å²) >= 11 is 0. The fourth-order valence-electron chi connectivity index (χ4n) is 5.00. The van der Waals surface area contributed by atoms with Gasteiger partial charge >= 0.3 is 12.1 Å². The van der Waals surface area contributed by atoms with Crippen LogP contribution in [0.4, 0.5) is 13.2 Å². The molecule has 0 spiro atoms. The fraction of sp³-hybridized carbons (Fsp3) is 0.500. The average molecular weight is 477 g/mol. The van der Waals surface area contributed by atoms with Gasteiger partial charge in [0.2, 0.25) is 0 Å². The van der Waals surface area contributed by atoms with Gasteiger partial charge in [0.1, 0.15) is 0 Å². The van der Waals surface area contributed by atoms with E-state index in [0.717, 1.165) is 31.7 Å². The van der Waals surface area contributed by atoms with Crippen LogP contribution < -0.4 is 0 Å². The predicted molar refractivity (Wildman–Crippen MR) is 115 cm³/mol. The van der Waals surface area contributed by atoms with Gasteiger partial charge in [-0.1, -0.05) is 31.7 Å². The number of amides is 1. The Morgan fingerprint density at radius 3 is 2.59 bits per heavy atom. The summed E-state index contributed by atoms with van der Waals surface area (Å²) in [7, 11) is 0. The van der Waals surface area contributed by atoms with E-state index in [2.05, 4.69) is 5.10 Å². The lowest BCUT2D eigenvalue weighted by molar-refractivity contribution is -0.138. The van der Waals surface area contributed by atoms with E-state index in [1.807, 2.05) is 0 Å². The number of carboxylic acid groups (broad SMARTS) is 1. The minimum atomic E-state index is -4.59. The molecule has 0 unspecified atom stereocenters. The van der Waals surface area contributed by atoms with Crippen LogP contribution in [-0.4, -0.2) is 43.5 Å². The molecule has 1 saturated carbocycles. The van der Waals surface area contributed by atoms with Gasteiger partial charge in [-0.15, -0.1) is 0 Å². The van der Waals surface area contributed by atoms with Gasteiger partial charge in [0.15, 0.2) is 5.78 Å². The maximum Gasteiger partial charge on any atom is 0.416 e. The van der Waals surface area contributed by atoms with Crippen molar-refractivity contribution in [1.29, 1.82) is 0 Å². The first-order chi connectivity index (χ1) is 16.1. The first-order valence-electron chi connectivity index (χ1n) is 11.4. The molecule has 7 nitrogen and oxygen atoms in total. The Bertz CT molecular complexity index is 1090. The van der Waals surface area contributed by atoms with Crippen LogP contribution in [-0.2, 0) is 35.3 Å². The number of hydrogen-bond donors (Lipinski definition) is 1. The van der Waals surface area contributed by atoms with Gasteiger partial charge in [0, 0.05) is 18.3 Å². The highest BCUT2D eigenvalue weighted by molar-refractivity contribution is 6.02. The molecule has 34 heavy (non-hydrogen) atoms. The summed E-state index contributed by atoms with van der Waals surface area (Å²) in [6, 6.07) is 4.35. The van der Waals surface area contributed by atoms with Crippen molar-refractivity contribution in [1.82, 2.24) is 14.7 Å². The topological polar surface area (TPSA) is 92.5 Å². The summed E-state index contributed by atoms with van der Waals surface area (Å²) in [5, 5.41) is 13.1. The number of carbonyl (C=O) groups is 3. The van der Waals surface area contributed by atoms with Crippen molar-refractivity contribution in [2.24, 2.45) is 5.92 Å². The monoisotopic (exact) mass is 477 g/mol. The van der Waals surface area contributed by atoms with Crippen molar-refractivity contribution >= 4 is 17.7 Å². The second-order valence-corrected chi connectivity index (χ2v) is 9.02. The standard InChI is InChI=1S/C24H26F3N3O4/c25-24(26,27)19-7-3-6-17-18(19)14-30(23(17)34)20(12-15-4-1-2-5-15)21(31)13-16-8-10-29(28-16)11-9-22(32)33/h3,6-8,10,15,20H,1-2,4-5,9,11-14H2,(H,32,33)/t20-/m0/s1. The minimum absolute atomic E-state index is 0.00278. The van der Waals surface area contributed by atoms with Gasteiger partial charge in [0.25, 0.3) is 5.91 Å². The molecule has 1 N–H and O–H groups in total. The number of alkyl halides is 3. The van der Waals surface area contributed by atoms with Crippen molar-refractivity contribution in [3.63, 3.8) is 0 Å². The lowest BCUT2D eigenvalue weighted by Gasteiger charge is -2.29. The molecule has 2 aromatic rings. The number of ketones is 1. The number of carbonyl (C=O) groups excluding carboxylic acids is 2. The number of benzene rings is 1. The molecule has 1 aliphatic carbocycles. The number of Topliss-reactive ketones (excluding diaryl/α,β-unsaturated/α-hetero) is 1. The molecule has 0 radical (unpaired) electrons. The van der Waals surface area contributed by atoms with Gasteiger partial charge < -0.3 is 10.0 Å². The Hall–Kier alpha value is -3.17. The van der Waals surface area contributed by atoms with Crippen molar-refractivity contribution < 1.29 is 32.7 Å². The van der Waals surface area contributed by atoms with Crippen LogP contribution in [0.5, 0.6) is 0 Å².